The van der Waals surface area contributed by atoms with Gasteiger partial charge in [0.2, 0.25) is 0 Å². The molecule has 4 aromatic heterocycles. The summed E-state index contributed by atoms with van der Waals surface area (Å²) in [6.45, 7) is 0.264. The van der Waals surface area contributed by atoms with E-state index in [2.05, 4.69) is 37.1 Å². The highest BCUT2D eigenvalue weighted by atomic mass is 79.9. The van der Waals surface area contributed by atoms with Crippen LogP contribution in [0.1, 0.15) is 31.4 Å². The first-order valence-electron chi connectivity index (χ1n) is 9.81. The maximum Gasteiger partial charge on any atom is 0.141 e. The average molecular weight is 465 g/mol. The minimum atomic E-state index is -1.17. The van der Waals surface area contributed by atoms with Crippen LogP contribution < -0.4 is 0 Å². The fourth-order valence-corrected chi connectivity index (χ4v) is 4.52. The average Bonchev–Trinajstić information content (AvgIpc) is 3.48. The molecule has 6 nitrogen and oxygen atoms in total. The first-order valence-corrected chi connectivity index (χ1v) is 10.6. The maximum absolute atomic E-state index is 14.9. The third kappa shape index (κ3) is 3.39. The molecule has 1 aliphatic carbocycles. The number of nitriles is 1. The zero-order chi connectivity index (χ0) is 20.7. The molecule has 1 saturated carbocycles. The van der Waals surface area contributed by atoms with Crippen LogP contribution in [0.4, 0.5) is 4.39 Å². The number of rotatable bonds is 4. The second-order valence-corrected chi connectivity index (χ2v) is 8.53. The summed E-state index contributed by atoms with van der Waals surface area (Å²) in [5, 5.41) is 13.7. The second-order valence-electron chi connectivity index (χ2n) is 7.71. The van der Waals surface area contributed by atoms with E-state index in [1.165, 1.54) is 0 Å². The molecule has 30 heavy (non-hydrogen) atoms. The fraction of sp³-hybridized carbons (Fsp3) is 0.273. The van der Waals surface area contributed by atoms with E-state index >= 15 is 0 Å². The summed E-state index contributed by atoms with van der Waals surface area (Å²) in [5.41, 5.74) is 3.13. The highest BCUT2D eigenvalue weighted by Crippen LogP contribution is 2.36. The lowest BCUT2D eigenvalue weighted by Gasteiger charge is -2.18. The minimum Gasteiger partial charge on any atom is -0.294 e. The van der Waals surface area contributed by atoms with Crippen LogP contribution in [0, 0.1) is 11.3 Å². The number of aromatic nitrogens is 5. The van der Waals surface area contributed by atoms with Crippen LogP contribution >= 0.6 is 15.9 Å². The van der Waals surface area contributed by atoms with Gasteiger partial charge in [0, 0.05) is 29.1 Å². The smallest absolute Gasteiger partial charge is 0.141 e. The van der Waals surface area contributed by atoms with Crippen molar-refractivity contribution in [3.05, 3.63) is 59.3 Å². The van der Waals surface area contributed by atoms with E-state index in [0.717, 1.165) is 39.8 Å². The van der Waals surface area contributed by atoms with Crippen LogP contribution in [0.15, 0.2) is 53.7 Å². The van der Waals surface area contributed by atoms with Gasteiger partial charge < -0.3 is 0 Å². The summed E-state index contributed by atoms with van der Waals surface area (Å²) >= 11 is 3.46. The van der Waals surface area contributed by atoms with E-state index in [9.17, 15) is 9.65 Å². The Kier molecular flexibility index (Phi) is 4.63. The van der Waals surface area contributed by atoms with Gasteiger partial charge in [-0.3, -0.25) is 9.08 Å². The summed E-state index contributed by atoms with van der Waals surface area (Å²) < 4.78 is 19.3. The first kappa shape index (κ1) is 18.9. The summed E-state index contributed by atoms with van der Waals surface area (Å²) in [6, 6.07) is 9.53. The second kappa shape index (κ2) is 7.33. The third-order valence-corrected chi connectivity index (χ3v) is 6.23. The van der Waals surface area contributed by atoms with Gasteiger partial charge in [-0.15, -0.1) is 0 Å². The monoisotopic (exact) mass is 464 g/mol. The van der Waals surface area contributed by atoms with Crippen molar-refractivity contribution in [2.75, 3.05) is 0 Å². The van der Waals surface area contributed by atoms with Gasteiger partial charge in [-0.05, 0) is 53.0 Å². The van der Waals surface area contributed by atoms with Crippen molar-refractivity contribution < 1.29 is 4.39 Å². The van der Waals surface area contributed by atoms with E-state index in [1.807, 2.05) is 35.0 Å². The van der Waals surface area contributed by atoms with Crippen molar-refractivity contribution in [1.82, 2.24) is 24.1 Å². The molecule has 5 rings (SSSR count). The largest absolute Gasteiger partial charge is 0.294 e. The number of alkyl halides is 1. The molecule has 0 spiro atoms. The van der Waals surface area contributed by atoms with E-state index in [1.54, 1.807) is 23.1 Å². The topological polar surface area (TPSA) is 71.8 Å². The molecule has 150 valence electrons. The molecular weight excluding hydrogens is 447 g/mol. The standard InChI is InChI=1S/C22H18BrFN6/c23-19-12-26-20-9-15(5-8-30(19)20)21-18(4-3-17(10-25)28-21)16-11-27-29(13-16)14-22(24)6-1-2-7-22/h3-5,8-9,11-13H,1-2,6-7,14H2. The van der Waals surface area contributed by atoms with E-state index in [0.29, 0.717) is 24.2 Å². The minimum absolute atomic E-state index is 0.264. The molecule has 8 heteroatoms. The Morgan fingerprint density at radius 2 is 2.00 bits per heavy atom. The number of hydrogen-bond acceptors (Lipinski definition) is 4. The Morgan fingerprint density at radius 3 is 2.80 bits per heavy atom. The van der Waals surface area contributed by atoms with Gasteiger partial charge in [-0.1, -0.05) is 12.8 Å². The lowest BCUT2D eigenvalue weighted by molar-refractivity contribution is 0.139. The number of hydrogen-bond donors (Lipinski definition) is 0. The van der Waals surface area contributed by atoms with Crippen molar-refractivity contribution in [2.45, 2.75) is 37.9 Å². The van der Waals surface area contributed by atoms with Crippen molar-refractivity contribution in [3.8, 4) is 28.5 Å². The van der Waals surface area contributed by atoms with E-state index in [4.69, 9.17) is 0 Å². The molecule has 1 fully saturated rings. The van der Waals surface area contributed by atoms with Gasteiger partial charge in [0.15, 0.2) is 0 Å². The fourth-order valence-electron chi connectivity index (χ4n) is 4.12. The first-order chi connectivity index (χ1) is 14.5. The molecule has 4 aromatic rings. The lowest BCUT2D eigenvalue weighted by atomic mass is 10.0. The molecule has 1 aliphatic rings. The van der Waals surface area contributed by atoms with Gasteiger partial charge in [0.1, 0.15) is 27.7 Å². The zero-order valence-corrected chi connectivity index (χ0v) is 17.7. The number of pyridine rings is 2. The molecule has 0 N–H and O–H groups in total. The van der Waals surface area contributed by atoms with E-state index in [-0.39, 0.29) is 6.54 Å². The van der Waals surface area contributed by atoms with Crippen LogP contribution in [-0.2, 0) is 6.54 Å². The zero-order valence-electron chi connectivity index (χ0n) is 16.1. The van der Waals surface area contributed by atoms with Crippen molar-refractivity contribution in [1.29, 1.82) is 5.26 Å². The van der Waals surface area contributed by atoms with Crippen molar-refractivity contribution >= 4 is 21.6 Å². The molecule has 0 amide bonds. The maximum atomic E-state index is 14.9. The molecule has 0 aliphatic heterocycles. The summed E-state index contributed by atoms with van der Waals surface area (Å²) in [4.78, 5) is 8.94. The molecule has 0 radical (unpaired) electrons. The van der Waals surface area contributed by atoms with Gasteiger partial charge in [-0.2, -0.15) is 10.4 Å². The summed E-state index contributed by atoms with van der Waals surface area (Å²) in [5.74, 6) is 0. The Balaban J connectivity index is 1.56. The predicted molar refractivity (Wildman–Crippen MR) is 114 cm³/mol. The van der Waals surface area contributed by atoms with Crippen LogP contribution in [0.3, 0.4) is 0 Å². The Labute approximate surface area is 181 Å². The van der Waals surface area contributed by atoms with Crippen LogP contribution in [0.5, 0.6) is 0 Å². The van der Waals surface area contributed by atoms with Crippen LogP contribution in [-0.4, -0.2) is 29.8 Å². The van der Waals surface area contributed by atoms with Gasteiger partial charge in [-0.25, -0.2) is 14.4 Å². The molecule has 0 bridgehead atoms. The Bertz CT molecular complexity index is 1280. The number of imidazole rings is 1. The normalized spacial score (nSPS) is 15.5. The number of fused-ring (bicyclic) bond motifs is 1. The van der Waals surface area contributed by atoms with Gasteiger partial charge in [0.05, 0.1) is 24.6 Å². The van der Waals surface area contributed by atoms with Crippen molar-refractivity contribution in [3.63, 3.8) is 0 Å². The number of halogens is 2. The van der Waals surface area contributed by atoms with Gasteiger partial charge in [0.25, 0.3) is 0 Å². The SMILES string of the molecule is N#Cc1ccc(-c2cnn(CC3(F)CCCC3)c2)c(-c2ccn3c(Br)cnc3c2)n1. The molecule has 0 aromatic carbocycles. The third-order valence-electron chi connectivity index (χ3n) is 5.64. The van der Waals surface area contributed by atoms with E-state index < -0.39 is 5.67 Å². The molecule has 4 heterocycles. The lowest BCUT2D eigenvalue weighted by Crippen LogP contribution is -2.25. The van der Waals surface area contributed by atoms with Crippen LogP contribution in [0.25, 0.3) is 28.0 Å². The Morgan fingerprint density at radius 1 is 1.17 bits per heavy atom. The highest BCUT2D eigenvalue weighted by molar-refractivity contribution is 9.10. The Hall–Kier alpha value is -3.05. The number of nitrogens with zero attached hydrogens (tertiary/aromatic N) is 6. The summed E-state index contributed by atoms with van der Waals surface area (Å²) in [6.07, 6.45) is 10.3. The molecular formula is C22H18BrFN6. The summed E-state index contributed by atoms with van der Waals surface area (Å²) in [7, 11) is 0. The molecule has 0 unspecified atom stereocenters. The molecule has 0 saturated heterocycles. The quantitative estimate of drug-likeness (QED) is 0.417. The molecule has 0 atom stereocenters. The van der Waals surface area contributed by atoms with Crippen LogP contribution in [0.2, 0.25) is 0 Å². The highest BCUT2D eigenvalue weighted by Gasteiger charge is 2.34. The van der Waals surface area contributed by atoms with Crippen molar-refractivity contribution in [2.24, 2.45) is 0 Å². The van der Waals surface area contributed by atoms with Gasteiger partial charge >= 0.3 is 0 Å². The predicted octanol–water partition coefficient (Wildman–Crippen LogP) is 5.18.